The zero-order valence-corrected chi connectivity index (χ0v) is 15.7. The lowest BCUT2D eigenvalue weighted by Gasteiger charge is -2.22. The highest BCUT2D eigenvalue weighted by Crippen LogP contribution is 2.23. The maximum Gasteiger partial charge on any atom is 0.245 e. The van der Waals surface area contributed by atoms with E-state index in [-0.39, 0.29) is 5.69 Å². The number of carbonyl (C=O) groups excluding carboxylic acids is 1. The van der Waals surface area contributed by atoms with Gasteiger partial charge in [0.1, 0.15) is 29.6 Å². The van der Waals surface area contributed by atoms with E-state index >= 15 is 0 Å². The lowest BCUT2D eigenvalue weighted by Crippen LogP contribution is -2.37. The van der Waals surface area contributed by atoms with Gasteiger partial charge in [-0.2, -0.15) is 0 Å². The predicted molar refractivity (Wildman–Crippen MR) is 99.4 cm³/mol. The van der Waals surface area contributed by atoms with Crippen molar-refractivity contribution in [2.45, 2.75) is 13.3 Å². The van der Waals surface area contributed by atoms with Crippen LogP contribution in [-0.4, -0.2) is 33.7 Å². The van der Waals surface area contributed by atoms with E-state index in [1.165, 1.54) is 12.1 Å². The van der Waals surface area contributed by atoms with Crippen LogP contribution in [0.3, 0.4) is 0 Å². The van der Waals surface area contributed by atoms with Crippen molar-refractivity contribution in [3.63, 3.8) is 0 Å². The monoisotopic (exact) mass is 398 g/mol. The van der Waals surface area contributed by atoms with Crippen molar-refractivity contribution in [3.8, 4) is 5.75 Å². The van der Waals surface area contributed by atoms with Crippen molar-refractivity contribution < 1.29 is 26.7 Å². The molecule has 0 atom stereocenters. The molecule has 0 saturated carbocycles. The van der Waals surface area contributed by atoms with Gasteiger partial charge in [-0.05, 0) is 42.8 Å². The molecular weight excluding hydrogens is 378 g/mol. The Morgan fingerprint density at radius 3 is 2.22 bits per heavy atom. The maximum atomic E-state index is 13.7. The zero-order valence-electron chi connectivity index (χ0n) is 14.9. The summed E-state index contributed by atoms with van der Waals surface area (Å²) in [5, 5.41) is 2.07. The molecule has 0 saturated heterocycles. The molecule has 0 bridgehead atoms. The van der Waals surface area contributed by atoms with Crippen molar-refractivity contribution in [1.82, 2.24) is 0 Å². The Bertz CT molecular complexity index is 882. The first-order valence-corrected chi connectivity index (χ1v) is 10.0. The fourth-order valence-electron chi connectivity index (χ4n) is 2.26. The number of hydrogen-bond donors (Lipinski definition) is 1. The number of halogens is 2. The minimum atomic E-state index is -3.81. The van der Waals surface area contributed by atoms with Crippen LogP contribution in [0.1, 0.15) is 13.3 Å². The third-order valence-electron chi connectivity index (χ3n) is 3.51. The van der Waals surface area contributed by atoms with E-state index in [1.54, 1.807) is 12.1 Å². The van der Waals surface area contributed by atoms with Gasteiger partial charge in [0.15, 0.2) is 0 Å². The summed E-state index contributed by atoms with van der Waals surface area (Å²) in [5.74, 6) is -2.22. The number of benzene rings is 2. The Labute approximate surface area is 156 Å². The van der Waals surface area contributed by atoms with Gasteiger partial charge >= 0.3 is 0 Å². The lowest BCUT2D eigenvalue weighted by molar-refractivity contribution is -0.114. The normalized spacial score (nSPS) is 11.1. The highest BCUT2D eigenvalue weighted by atomic mass is 32.2. The number of anilines is 2. The first kappa shape index (κ1) is 20.6. The third kappa shape index (κ3) is 5.65. The van der Waals surface area contributed by atoms with Crippen molar-refractivity contribution >= 4 is 27.3 Å². The van der Waals surface area contributed by atoms with Gasteiger partial charge in [-0.15, -0.1) is 0 Å². The van der Waals surface area contributed by atoms with Crippen LogP contribution in [0, 0.1) is 11.6 Å². The molecule has 0 heterocycles. The molecule has 0 fully saturated rings. The third-order valence-corrected chi connectivity index (χ3v) is 4.65. The molecular formula is C18H20F2N2O4S. The van der Waals surface area contributed by atoms with Crippen molar-refractivity contribution in [2.24, 2.45) is 0 Å². The average molecular weight is 398 g/mol. The largest absolute Gasteiger partial charge is 0.494 e. The summed E-state index contributed by atoms with van der Waals surface area (Å²) in [7, 11) is -3.81. The fourth-order valence-corrected chi connectivity index (χ4v) is 3.11. The summed E-state index contributed by atoms with van der Waals surface area (Å²) in [6.45, 7) is 1.84. The first-order valence-electron chi connectivity index (χ1n) is 8.16. The van der Waals surface area contributed by atoms with Crippen molar-refractivity contribution in [2.75, 3.05) is 29.0 Å². The molecule has 6 nitrogen and oxygen atoms in total. The molecule has 0 aliphatic rings. The Balaban J connectivity index is 2.19. The number of hydrogen-bond acceptors (Lipinski definition) is 4. The summed E-state index contributed by atoms with van der Waals surface area (Å²) in [6.07, 6.45) is 1.76. The fraction of sp³-hybridized carbons (Fsp3) is 0.278. The topological polar surface area (TPSA) is 75.7 Å². The minimum absolute atomic E-state index is 0.227. The number of sulfonamides is 1. The van der Waals surface area contributed by atoms with Gasteiger partial charge in [0.25, 0.3) is 0 Å². The zero-order chi connectivity index (χ0) is 20.0. The average Bonchev–Trinajstić information content (AvgIpc) is 2.61. The van der Waals surface area contributed by atoms with Crippen LogP contribution in [0.4, 0.5) is 20.2 Å². The van der Waals surface area contributed by atoms with Crippen LogP contribution in [0.2, 0.25) is 0 Å². The summed E-state index contributed by atoms with van der Waals surface area (Å²) in [4.78, 5) is 12.2. The molecule has 0 aliphatic heterocycles. The van der Waals surface area contributed by atoms with Gasteiger partial charge in [0.05, 0.1) is 18.6 Å². The molecule has 0 radical (unpaired) electrons. The van der Waals surface area contributed by atoms with E-state index < -0.39 is 39.8 Å². The van der Waals surface area contributed by atoms with Crippen LogP contribution in [0.15, 0.2) is 42.5 Å². The van der Waals surface area contributed by atoms with Crippen LogP contribution < -0.4 is 14.4 Å². The summed E-state index contributed by atoms with van der Waals surface area (Å²) >= 11 is 0. The number of nitrogens with one attached hydrogen (secondary N) is 1. The molecule has 0 unspecified atom stereocenters. The van der Waals surface area contributed by atoms with Crippen molar-refractivity contribution in [1.29, 1.82) is 0 Å². The van der Waals surface area contributed by atoms with Crippen molar-refractivity contribution in [3.05, 3.63) is 54.1 Å². The summed E-state index contributed by atoms with van der Waals surface area (Å²) < 4.78 is 57.7. The van der Waals surface area contributed by atoms with E-state index in [0.717, 1.165) is 35.2 Å². The molecule has 2 aromatic rings. The SMILES string of the molecule is CCCOc1ccc(N(CC(=O)Nc2c(F)cccc2F)S(C)(=O)=O)cc1. The summed E-state index contributed by atoms with van der Waals surface area (Å²) in [6, 6.07) is 9.27. The Morgan fingerprint density at radius 2 is 1.70 bits per heavy atom. The Kier molecular flexibility index (Phi) is 6.73. The van der Waals surface area contributed by atoms with Gasteiger partial charge in [-0.25, -0.2) is 17.2 Å². The maximum absolute atomic E-state index is 13.7. The number of amides is 1. The van der Waals surface area contributed by atoms with E-state index in [1.807, 2.05) is 6.92 Å². The Hall–Kier alpha value is -2.68. The van der Waals surface area contributed by atoms with E-state index in [2.05, 4.69) is 5.32 Å². The van der Waals surface area contributed by atoms with E-state index in [9.17, 15) is 22.0 Å². The molecule has 0 spiro atoms. The quantitative estimate of drug-likeness (QED) is 0.741. The molecule has 2 rings (SSSR count). The summed E-state index contributed by atoms with van der Waals surface area (Å²) in [5.41, 5.74) is -0.398. The van der Waals surface area contributed by atoms with Gasteiger partial charge in [-0.3, -0.25) is 9.10 Å². The number of carbonyl (C=O) groups is 1. The second-order valence-corrected chi connectivity index (χ2v) is 7.66. The predicted octanol–water partition coefficient (Wildman–Crippen LogP) is 3.16. The second-order valence-electron chi connectivity index (χ2n) is 5.76. The lowest BCUT2D eigenvalue weighted by atomic mass is 10.3. The van der Waals surface area contributed by atoms with Gasteiger partial charge in [0.2, 0.25) is 15.9 Å². The highest BCUT2D eigenvalue weighted by molar-refractivity contribution is 7.92. The van der Waals surface area contributed by atoms with E-state index in [0.29, 0.717) is 12.4 Å². The van der Waals surface area contributed by atoms with Gasteiger partial charge in [0, 0.05) is 0 Å². The van der Waals surface area contributed by atoms with Crippen LogP contribution in [-0.2, 0) is 14.8 Å². The number of para-hydroxylation sites is 1. The molecule has 2 aromatic carbocycles. The second kappa shape index (κ2) is 8.81. The molecule has 0 aliphatic carbocycles. The molecule has 9 heteroatoms. The minimum Gasteiger partial charge on any atom is -0.494 e. The molecule has 1 N–H and O–H groups in total. The van der Waals surface area contributed by atoms with Gasteiger partial charge < -0.3 is 10.1 Å². The first-order chi connectivity index (χ1) is 12.7. The molecule has 0 aromatic heterocycles. The van der Waals surface area contributed by atoms with Crippen LogP contribution in [0.25, 0.3) is 0 Å². The number of ether oxygens (including phenoxy) is 1. The van der Waals surface area contributed by atoms with Gasteiger partial charge in [-0.1, -0.05) is 13.0 Å². The molecule has 27 heavy (non-hydrogen) atoms. The number of nitrogens with zero attached hydrogens (tertiary/aromatic N) is 1. The van der Waals surface area contributed by atoms with E-state index in [4.69, 9.17) is 4.74 Å². The van der Waals surface area contributed by atoms with Crippen LogP contribution >= 0.6 is 0 Å². The number of rotatable bonds is 8. The smallest absolute Gasteiger partial charge is 0.245 e. The standard InChI is InChI=1S/C18H20F2N2O4S/c1-3-11-26-14-9-7-13(8-10-14)22(27(2,24)25)12-17(23)21-18-15(19)5-4-6-16(18)20/h4-10H,3,11-12H2,1-2H3,(H,21,23). The molecule has 1 amide bonds. The highest BCUT2D eigenvalue weighted by Gasteiger charge is 2.22. The Morgan fingerprint density at radius 1 is 1.11 bits per heavy atom. The van der Waals surface area contributed by atoms with Crippen LogP contribution in [0.5, 0.6) is 5.75 Å². The molecule has 146 valence electrons.